The molecule has 0 bridgehead atoms. The molecule has 0 aromatic heterocycles. The van der Waals surface area contributed by atoms with Gasteiger partial charge in [-0.15, -0.1) is 0 Å². The van der Waals surface area contributed by atoms with Crippen LogP contribution in [0.25, 0.3) is 0 Å². The number of carbonyl (C=O) groups excluding carboxylic acids is 1. The lowest BCUT2D eigenvalue weighted by atomic mass is 9.92. The van der Waals surface area contributed by atoms with E-state index >= 15 is 0 Å². The van der Waals surface area contributed by atoms with Crippen LogP contribution in [0, 0.1) is 5.92 Å². The van der Waals surface area contributed by atoms with Gasteiger partial charge >= 0.3 is 0 Å². The van der Waals surface area contributed by atoms with Crippen molar-refractivity contribution in [3.63, 3.8) is 0 Å². The number of hydrogen-bond acceptors (Lipinski definition) is 2. The summed E-state index contributed by atoms with van der Waals surface area (Å²) >= 11 is 0. The first-order valence-corrected chi connectivity index (χ1v) is 9.02. The molecule has 3 aliphatic rings. The highest BCUT2D eigenvalue weighted by molar-refractivity contribution is 5.80. The molecule has 130 valence electrons. The number of benzene rings is 1. The maximum absolute atomic E-state index is 13.4. The van der Waals surface area contributed by atoms with Gasteiger partial charge in [-0.3, -0.25) is 9.69 Å². The van der Waals surface area contributed by atoms with Gasteiger partial charge in [0.05, 0.1) is 5.92 Å². The summed E-state index contributed by atoms with van der Waals surface area (Å²) in [4.78, 5) is 17.1. The Bertz CT molecular complexity index is 597. The molecule has 0 radical (unpaired) electrons. The van der Waals surface area contributed by atoms with Crippen LogP contribution in [0.4, 0.5) is 8.78 Å². The van der Waals surface area contributed by atoms with Crippen LogP contribution < -0.4 is 0 Å². The summed E-state index contributed by atoms with van der Waals surface area (Å²) in [7, 11) is 0. The van der Waals surface area contributed by atoms with Gasteiger partial charge in [-0.1, -0.05) is 30.3 Å². The van der Waals surface area contributed by atoms with Crippen molar-refractivity contribution < 1.29 is 13.6 Å². The van der Waals surface area contributed by atoms with E-state index in [0.29, 0.717) is 6.04 Å². The fraction of sp³-hybridized carbons (Fsp3) is 0.632. The zero-order valence-electron chi connectivity index (χ0n) is 13.8. The third kappa shape index (κ3) is 2.83. The van der Waals surface area contributed by atoms with Gasteiger partial charge in [0.1, 0.15) is 0 Å². The molecule has 3 nitrogen and oxygen atoms in total. The number of nitrogens with zero attached hydrogens (tertiary/aromatic N) is 2. The van der Waals surface area contributed by atoms with Crippen LogP contribution in [0.1, 0.15) is 43.7 Å². The Morgan fingerprint density at radius 1 is 1.08 bits per heavy atom. The average molecular weight is 334 g/mol. The number of likely N-dealkylation sites (tertiary alicyclic amines) is 1. The first-order valence-electron chi connectivity index (χ1n) is 9.02. The largest absolute Gasteiger partial charge is 0.342 e. The Balaban J connectivity index is 1.50. The summed E-state index contributed by atoms with van der Waals surface area (Å²) < 4.78 is 26.7. The smallest absolute Gasteiger partial charge is 0.251 e. The number of piperidine rings is 1. The summed E-state index contributed by atoms with van der Waals surface area (Å²) in [6, 6.07) is 10.9. The van der Waals surface area contributed by atoms with E-state index in [0.717, 1.165) is 25.8 Å². The molecule has 4 rings (SSSR count). The number of fused-ring (bicyclic) bond motifs is 1. The molecule has 0 N–H and O–H groups in total. The Kier molecular flexibility index (Phi) is 4.07. The molecule has 3 aliphatic heterocycles. The fourth-order valence-electron chi connectivity index (χ4n) is 4.72. The molecule has 3 atom stereocenters. The first-order chi connectivity index (χ1) is 11.6. The molecule has 3 saturated heterocycles. The van der Waals surface area contributed by atoms with Crippen LogP contribution in [0.5, 0.6) is 0 Å². The monoisotopic (exact) mass is 334 g/mol. The molecule has 24 heavy (non-hydrogen) atoms. The maximum Gasteiger partial charge on any atom is 0.251 e. The molecule has 5 heteroatoms. The van der Waals surface area contributed by atoms with Crippen molar-refractivity contribution in [2.75, 3.05) is 19.6 Å². The predicted octanol–water partition coefficient (Wildman–Crippen LogP) is 3.47. The van der Waals surface area contributed by atoms with Crippen molar-refractivity contribution in [1.29, 1.82) is 0 Å². The maximum atomic E-state index is 13.4. The van der Waals surface area contributed by atoms with Crippen molar-refractivity contribution in [2.45, 2.75) is 50.1 Å². The van der Waals surface area contributed by atoms with E-state index < -0.39 is 5.92 Å². The zero-order chi connectivity index (χ0) is 16.7. The molecule has 0 aliphatic carbocycles. The Labute approximate surface area is 141 Å². The minimum atomic E-state index is -2.60. The van der Waals surface area contributed by atoms with Crippen molar-refractivity contribution >= 4 is 5.91 Å². The zero-order valence-corrected chi connectivity index (χ0v) is 13.8. The van der Waals surface area contributed by atoms with Crippen molar-refractivity contribution in [2.24, 2.45) is 5.92 Å². The van der Waals surface area contributed by atoms with Crippen molar-refractivity contribution in [3.05, 3.63) is 35.9 Å². The molecular weight excluding hydrogens is 310 g/mol. The molecule has 1 amide bonds. The highest BCUT2D eigenvalue weighted by atomic mass is 19.3. The summed E-state index contributed by atoms with van der Waals surface area (Å²) in [5.74, 6) is -2.54. The van der Waals surface area contributed by atoms with Gasteiger partial charge in [0, 0.05) is 38.0 Å². The third-order valence-electron chi connectivity index (χ3n) is 5.99. The van der Waals surface area contributed by atoms with E-state index in [1.807, 2.05) is 18.2 Å². The lowest BCUT2D eigenvalue weighted by Crippen LogP contribution is -2.47. The van der Waals surface area contributed by atoms with Crippen molar-refractivity contribution in [3.8, 4) is 0 Å². The van der Waals surface area contributed by atoms with E-state index in [9.17, 15) is 13.6 Å². The van der Waals surface area contributed by atoms with Crippen LogP contribution in [-0.2, 0) is 4.79 Å². The summed E-state index contributed by atoms with van der Waals surface area (Å²) in [5.41, 5.74) is 1.27. The molecule has 0 unspecified atom stereocenters. The number of hydrogen-bond donors (Lipinski definition) is 0. The number of carbonyl (C=O) groups is 1. The number of amides is 1. The van der Waals surface area contributed by atoms with Crippen molar-refractivity contribution in [1.82, 2.24) is 9.80 Å². The van der Waals surface area contributed by atoms with Crippen LogP contribution >= 0.6 is 0 Å². The number of rotatable bonds is 2. The average Bonchev–Trinajstić information content (AvgIpc) is 3.17. The van der Waals surface area contributed by atoms with Gasteiger partial charge in [-0.05, 0) is 31.4 Å². The lowest BCUT2D eigenvalue weighted by Gasteiger charge is -2.34. The van der Waals surface area contributed by atoms with E-state index in [1.165, 1.54) is 5.56 Å². The second-order valence-electron chi connectivity index (χ2n) is 7.40. The summed E-state index contributed by atoms with van der Waals surface area (Å²) in [5, 5.41) is 0. The van der Waals surface area contributed by atoms with Gasteiger partial charge < -0.3 is 4.90 Å². The quantitative estimate of drug-likeness (QED) is 0.827. The van der Waals surface area contributed by atoms with Gasteiger partial charge in [-0.2, -0.15) is 0 Å². The predicted molar refractivity (Wildman–Crippen MR) is 87.8 cm³/mol. The second-order valence-corrected chi connectivity index (χ2v) is 7.40. The molecule has 0 saturated carbocycles. The van der Waals surface area contributed by atoms with Crippen LogP contribution in [0.2, 0.25) is 0 Å². The van der Waals surface area contributed by atoms with Crippen LogP contribution in [0.3, 0.4) is 0 Å². The third-order valence-corrected chi connectivity index (χ3v) is 5.99. The summed E-state index contributed by atoms with van der Waals surface area (Å²) in [6.07, 6.45) is 2.60. The minimum Gasteiger partial charge on any atom is -0.342 e. The highest BCUT2D eigenvalue weighted by Gasteiger charge is 2.49. The Morgan fingerprint density at radius 3 is 2.50 bits per heavy atom. The molecule has 3 fully saturated rings. The normalized spacial score (nSPS) is 32.8. The van der Waals surface area contributed by atoms with E-state index in [2.05, 4.69) is 17.0 Å². The SMILES string of the molecule is O=C([C@H]1C[C@@H](c2ccccc2)N2CCC[C@H]12)N1CCC(F)(F)CC1. The topological polar surface area (TPSA) is 23.6 Å². The van der Waals surface area contributed by atoms with Crippen LogP contribution in [0.15, 0.2) is 30.3 Å². The molecular formula is C19H24F2N2O. The number of halogens is 2. The molecule has 3 heterocycles. The van der Waals surface area contributed by atoms with Gasteiger partial charge in [0.25, 0.3) is 5.92 Å². The van der Waals surface area contributed by atoms with E-state index in [1.54, 1.807) is 4.90 Å². The lowest BCUT2D eigenvalue weighted by molar-refractivity contribution is -0.142. The second kappa shape index (κ2) is 6.10. The molecule has 1 aromatic carbocycles. The summed E-state index contributed by atoms with van der Waals surface area (Å²) in [6.45, 7) is 1.43. The molecule has 0 spiro atoms. The van der Waals surface area contributed by atoms with Crippen LogP contribution in [-0.4, -0.2) is 47.3 Å². The van der Waals surface area contributed by atoms with Gasteiger partial charge in [-0.25, -0.2) is 8.78 Å². The van der Waals surface area contributed by atoms with Gasteiger partial charge in [0.2, 0.25) is 5.91 Å². The minimum absolute atomic E-state index is 0.0376. The standard InChI is InChI=1S/C19H24F2N2O/c20-19(21)8-11-22(12-9-19)18(24)15-13-17(14-5-2-1-3-6-14)23-10-4-7-16(15)23/h1-3,5-6,15-17H,4,7-13H2/t15-,16+,17-/m0/s1. The Hall–Kier alpha value is -1.49. The fourth-order valence-corrected chi connectivity index (χ4v) is 4.72. The van der Waals surface area contributed by atoms with E-state index in [4.69, 9.17) is 0 Å². The first kappa shape index (κ1) is 16.0. The van der Waals surface area contributed by atoms with E-state index in [-0.39, 0.29) is 43.8 Å². The highest BCUT2D eigenvalue weighted by Crippen LogP contribution is 2.45. The number of alkyl halides is 2. The van der Waals surface area contributed by atoms with Gasteiger partial charge in [0.15, 0.2) is 0 Å². The molecule has 1 aromatic rings. The Morgan fingerprint density at radius 2 is 1.79 bits per heavy atom.